The van der Waals surface area contributed by atoms with Gasteiger partial charge in [-0.15, -0.1) is 0 Å². The lowest BCUT2D eigenvalue weighted by Crippen LogP contribution is -2.18. The Labute approximate surface area is 108 Å². The predicted octanol–water partition coefficient (Wildman–Crippen LogP) is 2.54. The summed E-state index contributed by atoms with van der Waals surface area (Å²) in [5, 5.41) is 4.57. The van der Waals surface area contributed by atoms with Gasteiger partial charge in [0.1, 0.15) is 0 Å². The van der Waals surface area contributed by atoms with Gasteiger partial charge < -0.3 is 14.6 Å². The molecule has 1 unspecified atom stereocenters. The molecule has 1 aromatic heterocycles. The third-order valence-corrected chi connectivity index (χ3v) is 3.66. The molecule has 1 aliphatic rings. The number of fused-ring (bicyclic) bond motifs is 1. The number of para-hydroxylation sites is 1. The van der Waals surface area contributed by atoms with E-state index >= 15 is 0 Å². The Morgan fingerprint density at radius 2 is 2.28 bits per heavy atom. The van der Waals surface area contributed by atoms with Gasteiger partial charge in [0, 0.05) is 30.9 Å². The molecule has 3 nitrogen and oxygen atoms in total. The molecule has 96 valence electrons. The number of hydrogen-bond acceptors (Lipinski definition) is 2. The van der Waals surface area contributed by atoms with Crippen LogP contribution in [0.25, 0.3) is 10.9 Å². The summed E-state index contributed by atoms with van der Waals surface area (Å²) in [4.78, 5) is 0. The maximum atomic E-state index is 5.77. The molecule has 3 rings (SSSR count). The van der Waals surface area contributed by atoms with E-state index in [1.54, 1.807) is 0 Å². The Morgan fingerprint density at radius 1 is 1.39 bits per heavy atom. The fourth-order valence-corrected chi connectivity index (χ4v) is 2.80. The molecule has 3 heteroatoms. The molecule has 0 radical (unpaired) electrons. The molecule has 1 saturated heterocycles. The third kappa shape index (κ3) is 2.16. The second kappa shape index (κ2) is 5.12. The summed E-state index contributed by atoms with van der Waals surface area (Å²) < 4.78 is 8.17. The van der Waals surface area contributed by atoms with Crippen molar-refractivity contribution in [2.45, 2.75) is 32.0 Å². The first-order chi connectivity index (χ1) is 8.88. The van der Waals surface area contributed by atoms with Crippen molar-refractivity contribution >= 4 is 10.9 Å². The molecule has 0 amide bonds. The van der Waals surface area contributed by atoms with Crippen LogP contribution in [-0.2, 0) is 17.8 Å². The van der Waals surface area contributed by atoms with Gasteiger partial charge in [-0.1, -0.05) is 18.2 Å². The van der Waals surface area contributed by atoms with Crippen LogP contribution in [-0.4, -0.2) is 24.3 Å². The number of hydrogen-bond donors (Lipinski definition) is 1. The van der Waals surface area contributed by atoms with E-state index in [1.807, 2.05) is 7.05 Å². The molecule has 18 heavy (non-hydrogen) atoms. The minimum atomic E-state index is 0.386. The monoisotopic (exact) mass is 244 g/mol. The molecule has 1 aliphatic heterocycles. The molecule has 0 aliphatic carbocycles. The second-order valence-corrected chi connectivity index (χ2v) is 4.97. The lowest BCUT2D eigenvalue weighted by atomic mass is 10.2. The van der Waals surface area contributed by atoms with Crippen molar-refractivity contribution in [3.63, 3.8) is 0 Å². The maximum Gasteiger partial charge on any atom is 0.0754 e. The van der Waals surface area contributed by atoms with Crippen molar-refractivity contribution in [3.05, 3.63) is 36.0 Å². The smallest absolute Gasteiger partial charge is 0.0754 e. The molecule has 1 fully saturated rings. The molecule has 0 saturated carbocycles. The van der Waals surface area contributed by atoms with Gasteiger partial charge >= 0.3 is 0 Å². The van der Waals surface area contributed by atoms with Gasteiger partial charge in [-0.25, -0.2) is 0 Å². The van der Waals surface area contributed by atoms with Crippen LogP contribution in [0.1, 0.15) is 18.5 Å². The van der Waals surface area contributed by atoms with E-state index in [1.165, 1.54) is 29.4 Å². The van der Waals surface area contributed by atoms with E-state index in [9.17, 15) is 0 Å². The first-order valence-electron chi connectivity index (χ1n) is 6.72. The zero-order valence-corrected chi connectivity index (χ0v) is 10.9. The average molecular weight is 244 g/mol. The third-order valence-electron chi connectivity index (χ3n) is 3.66. The van der Waals surface area contributed by atoms with Crippen LogP contribution in [0.15, 0.2) is 30.3 Å². The summed E-state index contributed by atoms with van der Waals surface area (Å²) in [5.41, 5.74) is 2.66. The molecule has 1 N–H and O–H groups in total. The fourth-order valence-electron chi connectivity index (χ4n) is 2.80. The van der Waals surface area contributed by atoms with E-state index in [-0.39, 0.29) is 0 Å². The van der Waals surface area contributed by atoms with Crippen LogP contribution in [0, 0.1) is 0 Å². The summed E-state index contributed by atoms with van der Waals surface area (Å²) in [6, 6.07) is 10.9. The zero-order valence-electron chi connectivity index (χ0n) is 10.9. The summed E-state index contributed by atoms with van der Waals surface area (Å²) >= 11 is 0. The Kier molecular flexibility index (Phi) is 3.35. The SMILES string of the molecule is CNCc1cc2ccccc2n1CC1CCCO1. The molecular formula is C15H20N2O. The minimum Gasteiger partial charge on any atom is -0.376 e. The highest BCUT2D eigenvalue weighted by Crippen LogP contribution is 2.23. The normalized spacial score (nSPS) is 19.7. The van der Waals surface area contributed by atoms with Gasteiger partial charge in [-0.3, -0.25) is 0 Å². The Hall–Kier alpha value is -1.32. The van der Waals surface area contributed by atoms with Crippen LogP contribution in [0.5, 0.6) is 0 Å². The maximum absolute atomic E-state index is 5.77. The molecule has 2 aromatic rings. The molecular weight excluding hydrogens is 224 g/mol. The van der Waals surface area contributed by atoms with Crippen LogP contribution in [0.2, 0.25) is 0 Å². The highest BCUT2D eigenvalue weighted by molar-refractivity contribution is 5.81. The van der Waals surface area contributed by atoms with Gasteiger partial charge in [-0.2, -0.15) is 0 Å². The number of nitrogens with one attached hydrogen (secondary N) is 1. The summed E-state index contributed by atoms with van der Waals surface area (Å²) in [5.74, 6) is 0. The van der Waals surface area contributed by atoms with Crippen molar-refractivity contribution in [3.8, 4) is 0 Å². The first kappa shape index (κ1) is 11.8. The van der Waals surface area contributed by atoms with Crippen LogP contribution in [0.3, 0.4) is 0 Å². The van der Waals surface area contributed by atoms with Crippen LogP contribution in [0.4, 0.5) is 0 Å². The second-order valence-electron chi connectivity index (χ2n) is 4.97. The van der Waals surface area contributed by atoms with Crippen molar-refractivity contribution in [2.75, 3.05) is 13.7 Å². The van der Waals surface area contributed by atoms with E-state index < -0.39 is 0 Å². The van der Waals surface area contributed by atoms with E-state index in [0.29, 0.717) is 6.10 Å². The van der Waals surface area contributed by atoms with Crippen molar-refractivity contribution < 1.29 is 4.74 Å². The summed E-state index contributed by atoms with van der Waals surface area (Å²) in [6.07, 6.45) is 2.77. The Morgan fingerprint density at radius 3 is 3.06 bits per heavy atom. The molecule has 1 aromatic carbocycles. The van der Waals surface area contributed by atoms with Gasteiger partial charge in [0.15, 0.2) is 0 Å². The van der Waals surface area contributed by atoms with Crippen molar-refractivity contribution in [1.82, 2.24) is 9.88 Å². The number of rotatable bonds is 4. The lowest BCUT2D eigenvalue weighted by Gasteiger charge is -2.15. The highest BCUT2D eigenvalue weighted by atomic mass is 16.5. The van der Waals surface area contributed by atoms with Crippen LogP contribution < -0.4 is 5.32 Å². The molecule has 0 spiro atoms. The first-order valence-corrected chi connectivity index (χ1v) is 6.72. The number of ether oxygens (including phenoxy) is 1. The summed E-state index contributed by atoms with van der Waals surface area (Å²) in [7, 11) is 1.99. The average Bonchev–Trinajstić information content (AvgIpc) is 3.00. The predicted molar refractivity (Wildman–Crippen MR) is 73.7 cm³/mol. The Balaban J connectivity index is 1.97. The summed E-state index contributed by atoms with van der Waals surface area (Å²) in [6.45, 7) is 2.80. The number of benzene rings is 1. The fraction of sp³-hybridized carbons (Fsp3) is 0.467. The van der Waals surface area contributed by atoms with Crippen LogP contribution >= 0.6 is 0 Å². The Bertz CT molecular complexity index is 526. The molecule has 1 atom stereocenters. The highest BCUT2D eigenvalue weighted by Gasteiger charge is 2.18. The quantitative estimate of drug-likeness (QED) is 0.894. The lowest BCUT2D eigenvalue weighted by molar-refractivity contribution is 0.0973. The standard InChI is InChI=1S/C15H20N2O/c1-16-10-13-9-12-5-2-3-7-15(12)17(13)11-14-6-4-8-18-14/h2-3,5,7,9,14,16H,4,6,8,10-11H2,1H3. The molecule has 2 heterocycles. The zero-order chi connectivity index (χ0) is 12.4. The van der Waals surface area contributed by atoms with Crippen molar-refractivity contribution in [1.29, 1.82) is 0 Å². The number of nitrogens with zero attached hydrogens (tertiary/aromatic N) is 1. The van der Waals surface area contributed by atoms with E-state index in [2.05, 4.69) is 40.2 Å². The van der Waals surface area contributed by atoms with Crippen molar-refractivity contribution in [2.24, 2.45) is 0 Å². The topological polar surface area (TPSA) is 26.2 Å². The molecule has 0 bridgehead atoms. The van der Waals surface area contributed by atoms with Gasteiger partial charge in [0.05, 0.1) is 6.10 Å². The van der Waals surface area contributed by atoms with Gasteiger partial charge in [-0.05, 0) is 37.4 Å². The largest absolute Gasteiger partial charge is 0.376 e. The van der Waals surface area contributed by atoms with Gasteiger partial charge in [0.2, 0.25) is 0 Å². The van der Waals surface area contributed by atoms with E-state index in [0.717, 1.165) is 19.7 Å². The van der Waals surface area contributed by atoms with Gasteiger partial charge in [0.25, 0.3) is 0 Å². The number of aromatic nitrogens is 1. The minimum absolute atomic E-state index is 0.386. The van der Waals surface area contributed by atoms with E-state index in [4.69, 9.17) is 4.74 Å².